The highest BCUT2D eigenvalue weighted by atomic mass is 16.6. The smallest absolute Gasteiger partial charge is 0.317 e. The van der Waals surface area contributed by atoms with Crippen molar-refractivity contribution < 1.29 is 14.3 Å². The molecule has 2 rings (SSSR count). The molecule has 0 N–H and O–H groups in total. The van der Waals surface area contributed by atoms with Gasteiger partial charge in [0, 0.05) is 0 Å². The molecule has 2 unspecified atom stereocenters. The van der Waals surface area contributed by atoms with Gasteiger partial charge in [-0.3, -0.25) is 9.59 Å². The van der Waals surface area contributed by atoms with Gasteiger partial charge in [0.15, 0.2) is 0 Å². The summed E-state index contributed by atoms with van der Waals surface area (Å²) in [6.45, 7) is 5.94. The molecule has 0 bridgehead atoms. The van der Waals surface area contributed by atoms with Crippen molar-refractivity contribution in [1.82, 2.24) is 0 Å². The minimum Gasteiger partial charge on any atom is -0.393 e. The molecule has 3 heteroatoms. The van der Waals surface area contributed by atoms with Gasteiger partial charge in [-0.15, -0.1) is 0 Å². The third-order valence-corrected chi connectivity index (χ3v) is 3.76. The quantitative estimate of drug-likeness (QED) is 0.567. The van der Waals surface area contributed by atoms with E-state index >= 15 is 0 Å². The minimum atomic E-state index is -0.395. The molecule has 3 nitrogen and oxygen atoms in total. The summed E-state index contributed by atoms with van der Waals surface area (Å²) in [4.78, 5) is 23.0. The van der Waals surface area contributed by atoms with Crippen molar-refractivity contribution >= 4 is 11.9 Å². The maximum Gasteiger partial charge on any atom is 0.317 e. The molecule has 2 atom stereocenters. The summed E-state index contributed by atoms with van der Waals surface area (Å²) in [5.74, 6) is -1.43. The van der Waals surface area contributed by atoms with Gasteiger partial charge in [-0.25, -0.2) is 0 Å². The number of cyclic esters (lactones) is 2. The third-order valence-electron chi connectivity index (χ3n) is 3.76. The molecule has 128 valence electrons. The predicted molar refractivity (Wildman–Crippen MR) is 94.8 cm³/mol. The van der Waals surface area contributed by atoms with Gasteiger partial charge >= 0.3 is 11.9 Å². The Morgan fingerprint density at radius 1 is 0.955 bits per heavy atom. The molecule has 1 aromatic carbocycles. The van der Waals surface area contributed by atoms with E-state index in [2.05, 4.69) is 18.6 Å². The zero-order chi connectivity index (χ0) is 13.3. The number of rotatable bonds is 3. The molecule has 1 saturated heterocycles. The third kappa shape index (κ3) is 4.97. The van der Waals surface area contributed by atoms with Crippen molar-refractivity contribution in [2.24, 2.45) is 11.8 Å². The Labute approximate surface area is 137 Å². The Hall–Kier alpha value is -1.64. The van der Waals surface area contributed by atoms with Crippen molar-refractivity contribution in [2.75, 3.05) is 0 Å². The van der Waals surface area contributed by atoms with Crippen LogP contribution in [0.1, 0.15) is 62.5 Å². The molecular weight excluding hydrogens is 276 g/mol. The lowest BCUT2D eigenvalue weighted by atomic mass is 9.74. The van der Waals surface area contributed by atoms with Crippen LogP contribution in [0, 0.1) is 11.8 Å². The first-order valence-corrected chi connectivity index (χ1v) is 6.23. The van der Waals surface area contributed by atoms with Crippen LogP contribution in [-0.4, -0.2) is 11.9 Å². The SMILES string of the molecule is C.C.C.C.CC1C(=O)OC(=O)C1CC(C)(C)c1ccccc1. The van der Waals surface area contributed by atoms with Crippen molar-refractivity contribution in [2.45, 2.75) is 62.3 Å². The predicted octanol–water partition coefficient (Wildman–Crippen LogP) is 5.23. The minimum absolute atomic E-state index is 0. The molecule has 0 spiro atoms. The average molecular weight is 310 g/mol. The number of carbonyl (C=O) groups excluding carboxylic acids is 2. The van der Waals surface area contributed by atoms with Crippen LogP contribution >= 0.6 is 0 Å². The largest absolute Gasteiger partial charge is 0.393 e. The second-order valence-corrected chi connectivity index (χ2v) is 5.59. The molecule has 1 heterocycles. The number of hydrogen-bond donors (Lipinski definition) is 0. The molecular formula is C19H34O3. The highest BCUT2D eigenvalue weighted by molar-refractivity contribution is 5.96. The first-order valence-electron chi connectivity index (χ1n) is 6.23. The van der Waals surface area contributed by atoms with E-state index in [0.717, 1.165) is 0 Å². The standard InChI is InChI=1S/C15H18O3.4CH4/c1-10-12(14(17)18-13(10)16)9-15(2,3)11-7-5-4-6-8-11;;;;/h4-8,10,12H,9H2,1-3H3;4*1H4. The molecule has 0 radical (unpaired) electrons. The molecule has 1 fully saturated rings. The highest BCUT2D eigenvalue weighted by Crippen LogP contribution is 2.36. The van der Waals surface area contributed by atoms with Crippen LogP contribution < -0.4 is 0 Å². The first-order chi connectivity index (χ1) is 8.42. The maximum absolute atomic E-state index is 11.7. The average Bonchev–Trinajstić information content (AvgIpc) is 2.57. The Kier molecular flexibility index (Phi) is 10.8. The lowest BCUT2D eigenvalue weighted by molar-refractivity contribution is -0.153. The van der Waals surface area contributed by atoms with E-state index in [4.69, 9.17) is 0 Å². The number of benzene rings is 1. The van der Waals surface area contributed by atoms with Gasteiger partial charge in [0.2, 0.25) is 0 Å². The summed E-state index contributed by atoms with van der Waals surface area (Å²) in [7, 11) is 0. The molecule has 1 aromatic rings. The van der Waals surface area contributed by atoms with Gasteiger partial charge in [-0.05, 0) is 17.4 Å². The second kappa shape index (κ2) is 9.39. The van der Waals surface area contributed by atoms with Gasteiger partial charge in [-0.1, -0.05) is 80.8 Å². The topological polar surface area (TPSA) is 43.4 Å². The Bertz CT molecular complexity index is 463. The van der Waals surface area contributed by atoms with Crippen LogP contribution in [0.5, 0.6) is 0 Å². The van der Waals surface area contributed by atoms with Gasteiger partial charge in [0.1, 0.15) is 0 Å². The van der Waals surface area contributed by atoms with Crippen LogP contribution in [0.25, 0.3) is 0 Å². The fraction of sp³-hybridized carbons (Fsp3) is 0.579. The van der Waals surface area contributed by atoms with Gasteiger partial charge < -0.3 is 4.74 Å². The number of esters is 2. The van der Waals surface area contributed by atoms with E-state index in [1.807, 2.05) is 30.3 Å². The Morgan fingerprint density at radius 3 is 1.86 bits per heavy atom. The molecule has 0 saturated carbocycles. The molecule has 1 aliphatic rings. The van der Waals surface area contributed by atoms with E-state index in [-0.39, 0.29) is 52.9 Å². The summed E-state index contributed by atoms with van der Waals surface area (Å²) >= 11 is 0. The zero-order valence-electron chi connectivity index (χ0n) is 11.0. The first kappa shape index (κ1) is 25.3. The van der Waals surface area contributed by atoms with E-state index in [0.29, 0.717) is 6.42 Å². The van der Waals surface area contributed by atoms with Crippen LogP contribution in [0.4, 0.5) is 0 Å². The summed E-state index contributed by atoms with van der Waals surface area (Å²) in [6, 6.07) is 10.0. The molecule has 22 heavy (non-hydrogen) atoms. The van der Waals surface area contributed by atoms with Crippen molar-refractivity contribution in [3.63, 3.8) is 0 Å². The number of carbonyl (C=O) groups is 2. The fourth-order valence-corrected chi connectivity index (χ4v) is 2.45. The summed E-state index contributed by atoms with van der Waals surface area (Å²) < 4.78 is 4.69. The number of ether oxygens (including phenoxy) is 1. The van der Waals surface area contributed by atoms with E-state index in [1.54, 1.807) is 6.92 Å². The zero-order valence-corrected chi connectivity index (χ0v) is 11.0. The van der Waals surface area contributed by atoms with Crippen molar-refractivity contribution in [3.05, 3.63) is 35.9 Å². The van der Waals surface area contributed by atoms with Gasteiger partial charge in [-0.2, -0.15) is 0 Å². The molecule has 0 aromatic heterocycles. The fourth-order valence-electron chi connectivity index (χ4n) is 2.45. The van der Waals surface area contributed by atoms with Crippen LogP contribution in [-0.2, 0) is 19.7 Å². The van der Waals surface area contributed by atoms with Crippen LogP contribution in [0.15, 0.2) is 30.3 Å². The van der Waals surface area contributed by atoms with Crippen molar-refractivity contribution in [1.29, 1.82) is 0 Å². The molecule has 0 aliphatic carbocycles. The maximum atomic E-state index is 11.7. The number of hydrogen-bond acceptors (Lipinski definition) is 3. The van der Waals surface area contributed by atoms with E-state index in [1.165, 1.54) is 5.56 Å². The summed E-state index contributed by atoms with van der Waals surface area (Å²) in [6.07, 6.45) is 0.628. The Morgan fingerprint density at radius 2 is 1.45 bits per heavy atom. The van der Waals surface area contributed by atoms with Gasteiger partial charge in [0.25, 0.3) is 0 Å². The van der Waals surface area contributed by atoms with E-state index in [9.17, 15) is 9.59 Å². The normalized spacial score (nSPS) is 19.8. The molecule has 0 amide bonds. The summed E-state index contributed by atoms with van der Waals surface area (Å²) in [5, 5.41) is 0. The van der Waals surface area contributed by atoms with E-state index < -0.39 is 5.97 Å². The van der Waals surface area contributed by atoms with Crippen LogP contribution in [0.2, 0.25) is 0 Å². The monoisotopic (exact) mass is 310 g/mol. The van der Waals surface area contributed by atoms with Crippen molar-refractivity contribution in [3.8, 4) is 0 Å². The van der Waals surface area contributed by atoms with Gasteiger partial charge in [0.05, 0.1) is 11.8 Å². The molecule has 1 aliphatic heterocycles. The second-order valence-electron chi connectivity index (χ2n) is 5.59. The lowest BCUT2D eigenvalue weighted by Gasteiger charge is -2.28. The summed E-state index contributed by atoms with van der Waals surface area (Å²) in [5.41, 5.74) is 1.02. The highest BCUT2D eigenvalue weighted by Gasteiger charge is 2.43. The Balaban J connectivity index is -0.000000902. The van der Waals surface area contributed by atoms with Crippen LogP contribution in [0.3, 0.4) is 0 Å². The lowest BCUT2D eigenvalue weighted by Crippen LogP contribution is -2.27.